The molecule has 0 spiro atoms. The monoisotopic (exact) mass is 375 g/mol. The number of rotatable bonds is 3. The maximum absolute atomic E-state index is 12.4. The van der Waals surface area contributed by atoms with Crippen molar-refractivity contribution in [1.82, 2.24) is 20.1 Å². The quantitative estimate of drug-likeness (QED) is 0.860. The first-order chi connectivity index (χ1) is 12.7. The fraction of sp³-hybridized carbons (Fsp3) is 0.500. The van der Waals surface area contributed by atoms with Gasteiger partial charge in [0.15, 0.2) is 5.82 Å². The molecule has 1 aromatic carbocycles. The second-order valence-electron chi connectivity index (χ2n) is 6.67. The summed E-state index contributed by atoms with van der Waals surface area (Å²) in [4.78, 5) is 12.4. The zero-order chi connectivity index (χ0) is 17.9. The van der Waals surface area contributed by atoms with Gasteiger partial charge in [0, 0.05) is 30.8 Å². The zero-order valence-corrected chi connectivity index (χ0v) is 15.3. The highest BCUT2D eigenvalue weighted by molar-refractivity contribution is 6.33. The lowest BCUT2D eigenvalue weighted by Crippen LogP contribution is -2.48. The van der Waals surface area contributed by atoms with Crippen LogP contribution < -0.4 is 10.6 Å². The Balaban J connectivity index is 1.59. The van der Waals surface area contributed by atoms with Crippen LogP contribution in [0.5, 0.6) is 0 Å². The van der Waals surface area contributed by atoms with Crippen LogP contribution in [0.1, 0.15) is 25.1 Å². The van der Waals surface area contributed by atoms with Crippen LogP contribution in [-0.4, -0.2) is 46.5 Å². The van der Waals surface area contributed by atoms with Gasteiger partial charge < -0.3 is 19.9 Å². The van der Waals surface area contributed by atoms with E-state index in [0.717, 1.165) is 43.0 Å². The second-order valence-corrected chi connectivity index (χ2v) is 7.07. The Morgan fingerprint density at radius 2 is 2.23 bits per heavy atom. The number of carbonyl (C=O) groups excluding carboxylic acids is 1. The molecule has 7 nitrogen and oxygen atoms in total. The summed E-state index contributed by atoms with van der Waals surface area (Å²) in [5, 5.41) is 15.4. The molecule has 0 radical (unpaired) electrons. The molecule has 0 bridgehead atoms. The lowest BCUT2D eigenvalue weighted by atomic mass is 10.1. The fourth-order valence-corrected chi connectivity index (χ4v) is 3.62. The third kappa shape index (κ3) is 3.60. The van der Waals surface area contributed by atoms with Gasteiger partial charge in [-0.25, -0.2) is 0 Å². The number of fused-ring (bicyclic) bond motifs is 1. The van der Waals surface area contributed by atoms with E-state index in [4.69, 9.17) is 16.3 Å². The lowest BCUT2D eigenvalue weighted by Gasteiger charge is -2.23. The standard InChI is InChI=1S/C18H22ClN5O2/c19-14-6-5-12(21-18(25)15-11-26-9-7-20-15)10-13(14)17-23-22-16-4-2-1-3-8-24(16)17/h5-6,10,15,20H,1-4,7-9,11H2,(H,21,25). The zero-order valence-electron chi connectivity index (χ0n) is 14.5. The van der Waals surface area contributed by atoms with Crippen LogP contribution in [0.2, 0.25) is 5.02 Å². The molecule has 1 aromatic heterocycles. The third-order valence-corrected chi connectivity index (χ3v) is 5.15. The summed E-state index contributed by atoms with van der Waals surface area (Å²) < 4.78 is 7.50. The van der Waals surface area contributed by atoms with Gasteiger partial charge in [-0.15, -0.1) is 10.2 Å². The van der Waals surface area contributed by atoms with Crippen molar-refractivity contribution in [3.8, 4) is 11.4 Å². The molecule has 0 saturated carbocycles. The number of aryl methyl sites for hydroxylation is 1. The topological polar surface area (TPSA) is 81.1 Å². The highest BCUT2D eigenvalue weighted by Gasteiger charge is 2.22. The second kappa shape index (κ2) is 7.73. The highest BCUT2D eigenvalue weighted by Crippen LogP contribution is 2.31. The van der Waals surface area contributed by atoms with E-state index >= 15 is 0 Å². The number of anilines is 1. The van der Waals surface area contributed by atoms with E-state index in [1.807, 2.05) is 6.07 Å². The van der Waals surface area contributed by atoms with Gasteiger partial charge in [0.1, 0.15) is 11.9 Å². The van der Waals surface area contributed by atoms with Gasteiger partial charge in [-0.2, -0.15) is 0 Å². The molecular formula is C18H22ClN5O2. The summed E-state index contributed by atoms with van der Waals surface area (Å²) in [6, 6.07) is 5.11. The molecule has 2 N–H and O–H groups in total. The van der Waals surface area contributed by atoms with Crippen molar-refractivity contribution in [1.29, 1.82) is 0 Å². The van der Waals surface area contributed by atoms with Crippen LogP contribution in [0.4, 0.5) is 5.69 Å². The van der Waals surface area contributed by atoms with Gasteiger partial charge in [0.25, 0.3) is 0 Å². The number of amides is 1. The Bertz CT molecular complexity index is 801. The smallest absolute Gasteiger partial charge is 0.243 e. The molecule has 8 heteroatoms. The largest absolute Gasteiger partial charge is 0.378 e. The fourth-order valence-electron chi connectivity index (χ4n) is 3.42. The van der Waals surface area contributed by atoms with Crippen LogP contribution in [0.3, 0.4) is 0 Å². The minimum atomic E-state index is -0.341. The Labute approximate surface area is 157 Å². The number of benzene rings is 1. The normalized spacial score (nSPS) is 20.3. The van der Waals surface area contributed by atoms with Gasteiger partial charge in [0.2, 0.25) is 5.91 Å². The summed E-state index contributed by atoms with van der Waals surface area (Å²) in [6.07, 6.45) is 4.38. The van der Waals surface area contributed by atoms with Crippen molar-refractivity contribution in [2.24, 2.45) is 0 Å². The summed E-state index contributed by atoms with van der Waals surface area (Å²) in [5.74, 6) is 1.66. The average molecular weight is 376 g/mol. The van der Waals surface area contributed by atoms with E-state index < -0.39 is 0 Å². The number of hydrogen-bond donors (Lipinski definition) is 2. The van der Waals surface area contributed by atoms with Crippen LogP contribution in [-0.2, 0) is 22.5 Å². The highest BCUT2D eigenvalue weighted by atomic mass is 35.5. The minimum Gasteiger partial charge on any atom is -0.378 e. The molecule has 26 heavy (non-hydrogen) atoms. The Morgan fingerprint density at radius 3 is 3.08 bits per heavy atom. The van der Waals surface area contributed by atoms with E-state index in [1.165, 1.54) is 6.42 Å². The molecular weight excluding hydrogens is 354 g/mol. The maximum Gasteiger partial charge on any atom is 0.243 e. The molecule has 2 aromatic rings. The number of aromatic nitrogens is 3. The number of nitrogens with zero attached hydrogens (tertiary/aromatic N) is 3. The number of ether oxygens (including phenoxy) is 1. The number of hydrogen-bond acceptors (Lipinski definition) is 5. The van der Waals surface area contributed by atoms with Crippen molar-refractivity contribution >= 4 is 23.2 Å². The molecule has 4 rings (SSSR count). The van der Waals surface area contributed by atoms with Crippen LogP contribution in [0.15, 0.2) is 18.2 Å². The number of morpholine rings is 1. The first kappa shape index (κ1) is 17.5. The van der Waals surface area contributed by atoms with Crippen molar-refractivity contribution in [3.05, 3.63) is 29.0 Å². The number of carbonyl (C=O) groups is 1. The summed E-state index contributed by atoms with van der Waals surface area (Å²) in [6.45, 7) is 2.58. The van der Waals surface area contributed by atoms with Crippen LogP contribution in [0, 0.1) is 0 Å². The Kier molecular flexibility index (Phi) is 5.19. The Hall–Kier alpha value is -1.96. The van der Waals surface area contributed by atoms with E-state index in [1.54, 1.807) is 12.1 Å². The van der Waals surface area contributed by atoms with E-state index in [-0.39, 0.29) is 11.9 Å². The summed E-state index contributed by atoms with van der Waals surface area (Å²) >= 11 is 6.43. The van der Waals surface area contributed by atoms with Gasteiger partial charge in [0.05, 0.1) is 18.2 Å². The molecule has 2 aliphatic rings. The van der Waals surface area contributed by atoms with Crippen LogP contribution >= 0.6 is 11.6 Å². The van der Waals surface area contributed by atoms with Gasteiger partial charge in [-0.1, -0.05) is 18.0 Å². The third-order valence-electron chi connectivity index (χ3n) is 4.82. The molecule has 1 fully saturated rings. The van der Waals surface area contributed by atoms with Crippen LogP contribution in [0.25, 0.3) is 11.4 Å². The van der Waals surface area contributed by atoms with Crippen molar-refractivity contribution in [3.63, 3.8) is 0 Å². The van der Waals surface area contributed by atoms with Gasteiger partial charge in [-0.3, -0.25) is 4.79 Å². The van der Waals surface area contributed by atoms with E-state index in [9.17, 15) is 4.79 Å². The van der Waals surface area contributed by atoms with E-state index in [0.29, 0.717) is 30.5 Å². The predicted octanol–water partition coefficient (Wildman–Crippen LogP) is 2.25. The van der Waals surface area contributed by atoms with Crippen molar-refractivity contribution in [2.45, 2.75) is 38.3 Å². The number of halogens is 1. The first-order valence-electron chi connectivity index (χ1n) is 9.06. The predicted molar refractivity (Wildman–Crippen MR) is 99.3 cm³/mol. The Morgan fingerprint density at radius 1 is 1.31 bits per heavy atom. The SMILES string of the molecule is O=C(Nc1ccc(Cl)c(-c2nnc3n2CCCCC3)c1)C1COCCN1. The van der Waals surface area contributed by atoms with Gasteiger partial charge in [-0.05, 0) is 31.0 Å². The van der Waals surface area contributed by atoms with Gasteiger partial charge >= 0.3 is 0 Å². The minimum absolute atomic E-state index is 0.113. The summed E-state index contributed by atoms with van der Waals surface area (Å²) in [7, 11) is 0. The molecule has 0 aliphatic carbocycles. The molecule has 2 aliphatic heterocycles. The molecule has 1 amide bonds. The molecule has 1 unspecified atom stereocenters. The van der Waals surface area contributed by atoms with Crippen molar-refractivity contribution < 1.29 is 9.53 Å². The van der Waals surface area contributed by atoms with Crippen molar-refractivity contribution in [2.75, 3.05) is 25.1 Å². The number of nitrogens with one attached hydrogen (secondary N) is 2. The van der Waals surface area contributed by atoms with E-state index in [2.05, 4.69) is 25.4 Å². The molecule has 3 heterocycles. The lowest BCUT2D eigenvalue weighted by molar-refractivity contribution is -0.120. The maximum atomic E-state index is 12.4. The molecule has 138 valence electrons. The average Bonchev–Trinajstić information content (AvgIpc) is 2.92. The summed E-state index contributed by atoms with van der Waals surface area (Å²) in [5.41, 5.74) is 1.48. The molecule has 1 saturated heterocycles. The molecule has 1 atom stereocenters. The first-order valence-corrected chi connectivity index (χ1v) is 9.44.